The summed E-state index contributed by atoms with van der Waals surface area (Å²) in [7, 11) is 0. The predicted molar refractivity (Wildman–Crippen MR) is 63.0 cm³/mol. The maximum atomic E-state index is 11.3. The second-order valence-electron chi connectivity index (χ2n) is 3.18. The molecule has 0 aliphatic carbocycles. The van der Waals surface area contributed by atoms with Crippen LogP contribution in [0.3, 0.4) is 0 Å². The van der Waals surface area contributed by atoms with Gasteiger partial charge < -0.3 is 4.74 Å². The van der Waals surface area contributed by atoms with E-state index in [-0.39, 0.29) is 23.7 Å². The minimum Gasteiger partial charge on any atom is -0.461 e. The summed E-state index contributed by atoms with van der Waals surface area (Å²) in [6.45, 7) is 3.54. The number of carbonyl (C=O) groups is 1. The molecule has 5 nitrogen and oxygen atoms in total. The van der Waals surface area contributed by atoms with Gasteiger partial charge in [-0.05, 0) is 5.56 Å². The Bertz CT molecular complexity index is 459. The van der Waals surface area contributed by atoms with Crippen LogP contribution in [0.1, 0.15) is 5.56 Å². The van der Waals surface area contributed by atoms with Gasteiger partial charge in [0.15, 0.2) is 0 Å². The Morgan fingerprint density at radius 3 is 2.82 bits per heavy atom. The van der Waals surface area contributed by atoms with E-state index in [1.165, 1.54) is 24.3 Å². The number of carbonyl (C=O) groups excluding carboxylic acids is 1. The van der Waals surface area contributed by atoms with Gasteiger partial charge in [-0.2, -0.15) is 0 Å². The van der Waals surface area contributed by atoms with Crippen LogP contribution < -0.4 is 0 Å². The second kappa shape index (κ2) is 6.00. The highest BCUT2D eigenvalue weighted by atomic mass is 35.5. The van der Waals surface area contributed by atoms with Gasteiger partial charge in [0.05, 0.1) is 16.4 Å². The van der Waals surface area contributed by atoms with Crippen molar-refractivity contribution < 1.29 is 14.5 Å². The first-order valence-electron chi connectivity index (χ1n) is 4.74. The summed E-state index contributed by atoms with van der Waals surface area (Å²) in [6, 6.07) is 3.94. The molecule has 0 fully saturated rings. The van der Waals surface area contributed by atoms with E-state index in [2.05, 4.69) is 6.58 Å². The fourth-order valence-electron chi connectivity index (χ4n) is 1.15. The van der Waals surface area contributed by atoms with Crippen LogP contribution >= 0.6 is 11.6 Å². The lowest BCUT2D eigenvalue weighted by atomic mass is 10.1. The van der Waals surface area contributed by atoms with Gasteiger partial charge in [0.25, 0.3) is 5.69 Å². The maximum Gasteiger partial charge on any atom is 0.310 e. The highest BCUT2D eigenvalue weighted by Gasteiger charge is 2.12. The van der Waals surface area contributed by atoms with Crippen molar-refractivity contribution in [2.75, 3.05) is 6.61 Å². The molecule has 1 rings (SSSR count). The van der Waals surface area contributed by atoms with Crippen molar-refractivity contribution in [3.05, 3.63) is 51.6 Å². The topological polar surface area (TPSA) is 69.4 Å². The van der Waals surface area contributed by atoms with Gasteiger partial charge in [-0.1, -0.05) is 30.3 Å². The SMILES string of the molecule is C=CCOC(=O)Cc1ccc([N+](=O)[O-])cc1Cl. The van der Waals surface area contributed by atoms with Gasteiger partial charge in [0.2, 0.25) is 0 Å². The molecule has 6 heteroatoms. The molecule has 90 valence electrons. The fourth-order valence-corrected chi connectivity index (χ4v) is 1.39. The first kappa shape index (κ1) is 13.2. The molecule has 0 aliphatic heterocycles. The molecule has 0 amide bonds. The quantitative estimate of drug-likeness (QED) is 0.351. The number of nitro benzene ring substituents is 1. The molecular weight excluding hydrogens is 246 g/mol. The van der Waals surface area contributed by atoms with E-state index in [1.54, 1.807) is 0 Å². The van der Waals surface area contributed by atoms with Crippen molar-refractivity contribution in [3.8, 4) is 0 Å². The summed E-state index contributed by atoms with van der Waals surface area (Å²) in [5, 5.41) is 10.6. The van der Waals surface area contributed by atoms with Crippen LogP contribution in [-0.2, 0) is 16.0 Å². The molecule has 0 aliphatic rings. The molecule has 1 aromatic rings. The van der Waals surface area contributed by atoms with Gasteiger partial charge >= 0.3 is 5.97 Å². The molecule has 0 radical (unpaired) electrons. The van der Waals surface area contributed by atoms with Gasteiger partial charge in [-0.3, -0.25) is 14.9 Å². The van der Waals surface area contributed by atoms with Crippen LogP contribution in [0.5, 0.6) is 0 Å². The molecule has 1 aromatic carbocycles. The lowest BCUT2D eigenvalue weighted by Crippen LogP contribution is -2.08. The number of benzene rings is 1. The van der Waals surface area contributed by atoms with Crippen molar-refractivity contribution >= 4 is 23.3 Å². The average Bonchev–Trinajstić information content (AvgIpc) is 2.28. The number of halogens is 1. The minimum atomic E-state index is -0.550. The molecule has 0 saturated carbocycles. The van der Waals surface area contributed by atoms with E-state index in [4.69, 9.17) is 16.3 Å². The number of hydrogen-bond donors (Lipinski definition) is 0. The molecule has 0 bridgehead atoms. The van der Waals surface area contributed by atoms with Crippen LogP contribution in [0.25, 0.3) is 0 Å². The fraction of sp³-hybridized carbons (Fsp3) is 0.182. The molecular formula is C11H10ClNO4. The van der Waals surface area contributed by atoms with E-state index in [0.29, 0.717) is 5.56 Å². The Labute approximate surface area is 103 Å². The van der Waals surface area contributed by atoms with Crippen LogP contribution in [-0.4, -0.2) is 17.5 Å². The normalized spacial score (nSPS) is 9.71. The van der Waals surface area contributed by atoms with E-state index < -0.39 is 10.9 Å². The van der Waals surface area contributed by atoms with Gasteiger partial charge in [0.1, 0.15) is 6.61 Å². The summed E-state index contributed by atoms with van der Waals surface area (Å²) in [5.41, 5.74) is 0.379. The Kier molecular flexibility index (Phi) is 4.66. The Morgan fingerprint density at radius 2 is 2.29 bits per heavy atom. The number of ether oxygens (including phenoxy) is 1. The van der Waals surface area contributed by atoms with E-state index >= 15 is 0 Å². The van der Waals surface area contributed by atoms with Crippen LogP contribution in [0.2, 0.25) is 5.02 Å². The standard InChI is InChI=1S/C11H10ClNO4/c1-2-5-17-11(14)6-8-3-4-9(13(15)16)7-10(8)12/h2-4,7H,1,5-6H2. The molecule has 0 N–H and O–H groups in total. The number of nitrogens with zero attached hydrogens (tertiary/aromatic N) is 1. The zero-order chi connectivity index (χ0) is 12.8. The second-order valence-corrected chi connectivity index (χ2v) is 3.59. The summed E-state index contributed by atoms with van der Waals surface area (Å²) in [4.78, 5) is 21.2. The molecule has 0 unspecified atom stereocenters. The van der Waals surface area contributed by atoms with E-state index in [0.717, 1.165) is 0 Å². The third-order valence-electron chi connectivity index (χ3n) is 1.94. The third kappa shape index (κ3) is 3.88. The van der Waals surface area contributed by atoms with Crippen molar-refractivity contribution in [2.45, 2.75) is 6.42 Å². The number of nitro groups is 1. The summed E-state index contributed by atoms with van der Waals surface area (Å²) >= 11 is 5.82. The van der Waals surface area contributed by atoms with Gasteiger partial charge in [0, 0.05) is 12.1 Å². The minimum absolute atomic E-state index is 0.0231. The Balaban J connectivity index is 2.75. The van der Waals surface area contributed by atoms with Crippen LogP contribution in [0, 0.1) is 10.1 Å². The van der Waals surface area contributed by atoms with Gasteiger partial charge in [-0.15, -0.1) is 0 Å². The summed E-state index contributed by atoms with van der Waals surface area (Å²) in [5.74, 6) is -0.458. The number of hydrogen-bond acceptors (Lipinski definition) is 4. The molecule has 0 aromatic heterocycles. The lowest BCUT2D eigenvalue weighted by molar-refractivity contribution is -0.384. The van der Waals surface area contributed by atoms with Crippen LogP contribution in [0.4, 0.5) is 5.69 Å². The zero-order valence-corrected chi connectivity index (χ0v) is 9.64. The highest BCUT2D eigenvalue weighted by Crippen LogP contribution is 2.22. The predicted octanol–water partition coefficient (Wildman–Crippen LogP) is 2.52. The smallest absolute Gasteiger partial charge is 0.310 e. The van der Waals surface area contributed by atoms with Crippen molar-refractivity contribution in [2.24, 2.45) is 0 Å². The third-order valence-corrected chi connectivity index (χ3v) is 2.30. The van der Waals surface area contributed by atoms with E-state index in [9.17, 15) is 14.9 Å². The highest BCUT2D eigenvalue weighted by molar-refractivity contribution is 6.31. The largest absolute Gasteiger partial charge is 0.461 e. The number of non-ortho nitro benzene ring substituents is 1. The maximum absolute atomic E-state index is 11.3. The molecule has 0 atom stereocenters. The van der Waals surface area contributed by atoms with Crippen molar-refractivity contribution in [3.63, 3.8) is 0 Å². The van der Waals surface area contributed by atoms with E-state index in [1.807, 2.05) is 0 Å². The number of esters is 1. The monoisotopic (exact) mass is 255 g/mol. The summed E-state index contributed by atoms with van der Waals surface area (Å²) < 4.78 is 4.78. The Morgan fingerprint density at radius 1 is 1.59 bits per heavy atom. The van der Waals surface area contributed by atoms with Crippen LogP contribution in [0.15, 0.2) is 30.9 Å². The molecule has 17 heavy (non-hydrogen) atoms. The number of rotatable bonds is 5. The van der Waals surface area contributed by atoms with Crippen molar-refractivity contribution in [1.82, 2.24) is 0 Å². The summed E-state index contributed by atoms with van der Waals surface area (Å²) in [6.07, 6.45) is 1.43. The zero-order valence-electron chi connectivity index (χ0n) is 8.89. The lowest BCUT2D eigenvalue weighted by Gasteiger charge is -2.04. The first-order valence-corrected chi connectivity index (χ1v) is 5.11. The van der Waals surface area contributed by atoms with Gasteiger partial charge in [-0.25, -0.2) is 0 Å². The average molecular weight is 256 g/mol. The first-order chi connectivity index (χ1) is 8.04. The molecule has 0 saturated heterocycles. The van der Waals surface area contributed by atoms with Crippen molar-refractivity contribution in [1.29, 1.82) is 0 Å². The molecule has 0 heterocycles. The molecule has 0 spiro atoms. The Hall–Kier alpha value is -1.88.